The summed E-state index contributed by atoms with van der Waals surface area (Å²) < 4.78 is 0. The number of piperidine rings is 1. The minimum atomic E-state index is -2.81. The summed E-state index contributed by atoms with van der Waals surface area (Å²) in [6.45, 7) is 2.93. The Morgan fingerprint density at radius 1 is 1.33 bits per heavy atom. The summed E-state index contributed by atoms with van der Waals surface area (Å²) in [6.07, 6.45) is 2.97. The monoisotopic (exact) mass is 302 g/mol. The number of primary amides is 1. The van der Waals surface area contributed by atoms with Crippen molar-refractivity contribution in [2.24, 2.45) is 17.6 Å². The summed E-state index contributed by atoms with van der Waals surface area (Å²) in [7, 11) is 0. The maximum Gasteiger partial charge on any atom is 0.278 e. The largest absolute Gasteiger partial charge is 0.396 e. The summed E-state index contributed by atoms with van der Waals surface area (Å²) in [5.74, 6) is -5.40. The number of hydrogen-bond acceptors (Lipinski definition) is 5. The molecular formula is C14H26N2O5. The van der Waals surface area contributed by atoms with Gasteiger partial charge in [-0.3, -0.25) is 9.59 Å². The lowest BCUT2D eigenvalue weighted by Gasteiger charge is -2.36. The third-order valence-corrected chi connectivity index (χ3v) is 4.19. The second-order valence-electron chi connectivity index (χ2n) is 5.71. The highest BCUT2D eigenvalue weighted by Crippen LogP contribution is 2.26. The Kier molecular flexibility index (Phi) is 6.57. The Labute approximate surface area is 124 Å². The van der Waals surface area contributed by atoms with Gasteiger partial charge in [-0.25, -0.2) is 0 Å². The van der Waals surface area contributed by atoms with Crippen LogP contribution in [0.15, 0.2) is 0 Å². The van der Waals surface area contributed by atoms with Gasteiger partial charge in [-0.1, -0.05) is 13.3 Å². The van der Waals surface area contributed by atoms with Gasteiger partial charge < -0.3 is 26.0 Å². The van der Waals surface area contributed by atoms with Crippen LogP contribution in [0.2, 0.25) is 0 Å². The van der Waals surface area contributed by atoms with Gasteiger partial charge in [-0.2, -0.15) is 0 Å². The number of aliphatic hydroxyl groups is 3. The number of carbonyl (C=O) groups excluding carboxylic acids is 2. The summed E-state index contributed by atoms with van der Waals surface area (Å²) in [5, 5.41) is 28.6. The second kappa shape index (κ2) is 7.72. The minimum absolute atomic E-state index is 0.134. The molecule has 1 saturated heterocycles. The lowest BCUT2D eigenvalue weighted by molar-refractivity contribution is -0.208. The van der Waals surface area contributed by atoms with Crippen LogP contribution in [-0.4, -0.2) is 57.5 Å². The van der Waals surface area contributed by atoms with Crippen molar-refractivity contribution >= 4 is 11.8 Å². The van der Waals surface area contributed by atoms with E-state index in [1.54, 1.807) is 11.8 Å². The fourth-order valence-electron chi connectivity index (χ4n) is 2.80. The molecule has 7 heteroatoms. The molecule has 1 atom stereocenters. The maximum atomic E-state index is 12.5. The first kappa shape index (κ1) is 17.9. The molecule has 0 aromatic carbocycles. The van der Waals surface area contributed by atoms with Gasteiger partial charge in [0.15, 0.2) is 0 Å². The van der Waals surface area contributed by atoms with Crippen LogP contribution in [0.3, 0.4) is 0 Å². The number of hydrogen-bond donors (Lipinski definition) is 4. The van der Waals surface area contributed by atoms with Gasteiger partial charge in [0.25, 0.3) is 11.7 Å². The number of likely N-dealkylation sites (tertiary alicyclic amines) is 1. The van der Waals surface area contributed by atoms with Gasteiger partial charge in [0.05, 0.1) is 0 Å². The molecule has 1 aliphatic heterocycles. The van der Waals surface area contributed by atoms with Crippen molar-refractivity contribution in [1.82, 2.24) is 4.90 Å². The zero-order chi connectivity index (χ0) is 16.0. The third kappa shape index (κ3) is 4.39. The quantitative estimate of drug-likeness (QED) is 0.458. The molecule has 1 unspecified atom stereocenters. The van der Waals surface area contributed by atoms with Crippen molar-refractivity contribution in [3.8, 4) is 0 Å². The molecule has 0 spiro atoms. The summed E-state index contributed by atoms with van der Waals surface area (Å²) in [5.41, 5.74) is 4.99. The Hall–Kier alpha value is -1.18. The molecule has 0 aromatic heterocycles. The highest BCUT2D eigenvalue weighted by molar-refractivity contribution is 5.90. The number of nitrogens with two attached hydrogens (primary N) is 1. The smallest absolute Gasteiger partial charge is 0.278 e. The van der Waals surface area contributed by atoms with E-state index in [2.05, 4.69) is 0 Å². The average Bonchev–Trinajstić information content (AvgIpc) is 2.45. The highest BCUT2D eigenvalue weighted by Gasteiger charge is 2.46. The Morgan fingerprint density at radius 2 is 1.90 bits per heavy atom. The van der Waals surface area contributed by atoms with Gasteiger partial charge in [-0.05, 0) is 31.6 Å². The fraction of sp³-hybridized carbons (Fsp3) is 0.857. The topological polar surface area (TPSA) is 124 Å². The Bertz CT molecular complexity index is 364. The fourth-order valence-corrected chi connectivity index (χ4v) is 2.80. The molecule has 0 saturated carbocycles. The Morgan fingerprint density at radius 3 is 2.33 bits per heavy atom. The predicted octanol–water partition coefficient (Wildman–Crippen LogP) is -0.810. The van der Waals surface area contributed by atoms with Crippen LogP contribution in [0.4, 0.5) is 0 Å². The molecule has 0 bridgehead atoms. The lowest BCUT2D eigenvalue weighted by Crippen LogP contribution is -2.56. The molecule has 1 fully saturated rings. The highest BCUT2D eigenvalue weighted by atomic mass is 16.5. The lowest BCUT2D eigenvalue weighted by atomic mass is 9.89. The van der Waals surface area contributed by atoms with Crippen molar-refractivity contribution in [3.05, 3.63) is 0 Å². The maximum absolute atomic E-state index is 12.5. The number of rotatable bonds is 7. The molecule has 7 nitrogen and oxygen atoms in total. The molecule has 0 aromatic rings. The van der Waals surface area contributed by atoms with Crippen molar-refractivity contribution in [2.75, 3.05) is 19.7 Å². The van der Waals surface area contributed by atoms with Crippen LogP contribution in [0, 0.1) is 11.8 Å². The molecule has 0 aliphatic carbocycles. The third-order valence-electron chi connectivity index (χ3n) is 4.19. The first-order valence-electron chi connectivity index (χ1n) is 7.48. The van der Waals surface area contributed by atoms with Crippen molar-refractivity contribution in [3.63, 3.8) is 0 Å². The van der Waals surface area contributed by atoms with Gasteiger partial charge in [-0.15, -0.1) is 0 Å². The van der Waals surface area contributed by atoms with E-state index in [0.29, 0.717) is 31.8 Å². The van der Waals surface area contributed by atoms with Crippen LogP contribution >= 0.6 is 0 Å². The molecule has 0 radical (unpaired) electrons. The number of aliphatic hydroxyl groups excluding tert-OH is 1. The van der Waals surface area contributed by atoms with Crippen molar-refractivity contribution < 1.29 is 24.9 Å². The number of carbonyl (C=O) groups is 2. The van der Waals surface area contributed by atoms with E-state index in [1.807, 2.05) is 0 Å². The van der Waals surface area contributed by atoms with Crippen LogP contribution in [-0.2, 0) is 9.59 Å². The summed E-state index contributed by atoms with van der Waals surface area (Å²) in [4.78, 5) is 25.2. The van der Waals surface area contributed by atoms with Gasteiger partial charge >= 0.3 is 0 Å². The molecule has 1 rings (SSSR count). The van der Waals surface area contributed by atoms with E-state index in [1.165, 1.54) is 0 Å². The van der Waals surface area contributed by atoms with E-state index in [9.17, 15) is 19.8 Å². The molecule has 122 valence electrons. The molecule has 5 N–H and O–H groups in total. The second-order valence-corrected chi connectivity index (χ2v) is 5.71. The van der Waals surface area contributed by atoms with E-state index in [0.717, 1.165) is 12.8 Å². The van der Waals surface area contributed by atoms with Gasteiger partial charge in [0.2, 0.25) is 5.91 Å². The summed E-state index contributed by atoms with van der Waals surface area (Å²) in [6, 6.07) is 0. The van der Waals surface area contributed by atoms with Crippen LogP contribution < -0.4 is 5.73 Å². The van der Waals surface area contributed by atoms with Crippen LogP contribution in [0.1, 0.15) is 39.0 Å². The van der Waals surface area contributed by atoms with Gasteiger partial charge in [0.1, 0.15) is 5.92 Å². The Balaban J connectivity index is 2.72. The van der Waals surface area contributed by atoms with Crippen molar-refractivity contribution in [1.29, 1.82) is 0 Å². The van der Waals surface area contributed by atoms with E-state index >= 15 is 0 Å². The normalized spacial score (nSPS) is 18.6. The number of amides is 2. The van der Waals surface area contributed by atoms with Crippen molar-refractivity contribution in [2.45, 2.75) is 44.8 Å². The zero-order valence-electron chi connectivity index (χ0n) is 12.5. The summed E-state index contributed by atoms with van der Waals surface area (Å²) >= 11 is 0. The SMILES string of the molecule is CCCC(C(=O)N1CCC(CCO)CC1)C(O)(O)C(N)=O. The average molecular weight is 302 g/mol. The minimum Gasteiger partial charge on any atom is -0.396 e. The molecule has 21 heavy (non-hydrogen) atoms. The van der Waals surface area contributed by atoms with Crippen LogP contribution in [0.5, 0.6) is 0 Å². The number of nitrogens with zero attached hydrogens (tertiary/aromatic N) is 1. The predicted molar refractivity (Wildman–Crippen MR) is 75.8 cm³/mol. The molecular weight excluding hydrogens is 276 g/mol. The standard InChI is InChI=1S/C14H26N2O5/c1-2-3-11(14(20,21)13(15)19)12(18)16-7-4-10(5-8-16)6-9-17/h10-11,17,20-21H,2-9H2,1H3,(H2,15,19). The first-order valence-corrected chi connectivity index (χ1v) is 7.48. The van der Waals surface area contributed by atoms with Crippen LogP contribution in [0.25, 0.3) is 0 Å². The van der Waals surface area contributed by atoms with E-state index in [4.69, 9.17) is 10.8 Å². The van der Waals surface area contributed by atoms with Gasteiger partial charge in [0, 0.05) is 19.7 Å². The molecule has 1 heterocycles. The zero-order valence-corrected chi connectivity index (χ0v) is 12.5. The van der Waals surface area contributed by atoms with E-state index in [-0.39, 0.29) is 13.0 Å². The van der Waals surface area contributed by atoms with E-state index < -0.39 is 23.5 Å². The first-order chi connectivity index (χ1) is 9.84. The molecule has 1 aliphatic rings. The molecule has 2 amide bonds.